The van der Waals surface area contributed by atoms with Gasteiger partial charge in [-0.05, 0) is 19.1 Å². The monoisotopic (exact) mass is 230 g/mol. The Labute approximate surface area is 85.3 Å². The predicted octanol–water partition coefficient (Wildman–Crippen LogP) is 1.80. The van der Waals surface area contributed by atoms with Crippen LogP contribution in [0.4, 0.5) is 0 Å². The molecular weight excluding hydrogens is 224 g/mol. The molecule has 0 amide bonds. The van der Waals surface area contributed by atoms with Crippen LogP contribution in [0.1, 0.15) is 5.69 Å². The minimum atomic E-state index is -3.71. The highest BCUT2D eigenvalue weighted by atomic mass is 35.7. The summed E-state index contributed by atoms with van der Waals surface area (Å²) in [5.74, 6) is 0. The van der Waals surface area contributed by atoms with Crippen molar-refractivity contribution in [3.8, 4) is 0 Å². The van der Waals surface area contributed by atoms with Gasteiger partial charge in [-0.1, -0.05) is 6.07 Å². The number of benzene rings is 1. The number of aromatic amines is 1. The van der Waals surface area contributed by atoms with Gasteiger partial charge in [-0.25, -0.2) is 8.42 Å². The van der Waals surface area contributed by atoms with E-state index in [9.17, 15) is 8.42 Å². The van der Waals surface area contributed by atoms with Crippen LogP contribution in [-0.2, 0) is 9.05 Å². The molecule has 0 saturated carbocycles. The summed E-state index contributed by atoms with van der Waals surface area (Å²) in [6, 6.07) is 4.80. The van der Waals surface area contributed by atoms with Crippen molar-refractivity contribution in [1.29, 1.82) is 0 Å². The molecule has 0 bridgehead atoms. The molecule has 0 radical (unpaired) electrons. The summed E-state index contributed by atoms with van der Waals surface area (Å²) in [4.78, 5) is 0.0999. The van der Waals surface area contributed by atoms with Gasteiger partial charge >= 0.3 is 0 Å². The predicted molar refractivity (Wildman–Crippen MR) is 53.9 cm³/mol. The van der Waals surface area contributed by atoms with E-state index in [0.29, 0.717) is 16.6 Å². The molecule has 0 fully saturated rings. The summed E-state index contributed by atoms with van der Waals surface area (Å²) >= 11 is 0. The van der Waals surface area contributed by atoms with Crippen LogP contribution in [0.15, 0.2) is 23.1 Å². The number of H-pyrrole nitrogens is 1. The van der Waals surface area contributed by atoms with Gasteiger partial charge in [0.25, 0.3) is 9.05 Å². The Kier molecular flexibility index (Phi) is 2.01. The standard InChI is InChI=1S/C8H7ClN2O2S/c1-5-8-6(11-10-5)3-2-4-7(8)14(9,12)13/h2-4H,1H3,(H,10,11). The Morgan fingerprint density at radius 2 is 2.14 bits per heavy atom. The topological polar surface area (TPSA) is 62.8 Å². The van der Waals surface area contributed by atoms with E-state index in [2.05, 4.69) is 10.2 Å². The molecule has 0 aliphatic heterocycles. The van der Waals surface area contributed by atoms with E-state index in [1.54, 1.807) is 19.1 Å². The van der Waals surface area contributed by atoms with Crippen molar-refractivity contribution in [2.45, 2.75) is 11.8 Å². The maximum atomic E-state index is 11.2. The van der Waals surface area contributed by atoms with E-state index in [0.717, 1.165) is 0 Å². The number of fused-ring (bicyclic) bond motifs is 1. The number of hydrogen-bond donors (Lipinski definition) is 1. The van der Waals surface area contributed by atoms with Crippen LogP contribution < -0.4 is 0 Å². The highest BCUT2D eigenvalue weighted by molar-refractivity contribution is 8.14. The van der Waals surface area contributed by atoms with E-state index in [-0.39, 0.29) is 4.90 Å². The number of aromatic nitrogens is 2. The fourth-order valence-corrected chi connectivity index (χ4v) is 2.52. The molecule has 2 rings (SSSR count). The van der Waals surface area contributed by atoms with Crippen molar-refractivity contribution in [3.63, 3.8) is 0 Å². The van der Waals surface area contributed by atoms with Crippen molar-refractivity contribution >= 4 is 30.6 Å². The molecule has 2 aromatic rings. The molecule has 1 aromatic heterocycles. The van der Waals surface area contributed by atoms with E-state index in [1.165, 1.54) is 6.07 Å². The number of halogens is 1. The highest BCUT2D eigenvalue weighted by Gasteiger charge is 2.16. The molecular formula is C8H7ClN2O2S. The molecule has 1 N–H and O–H groups in total. The molecule has 6 heteroatoms. The largest absolute Gasteiger partial charge is 0.282 e. The fraction of sp³-hybridized carbons (Fsp3) is 0.125. The first kappa shape index (κ1) is 9.48. The lowest BCUT2D eigenvalue weighted by Gasteiger charge is -1.97. The summed E-state index contributed by atoms with van der Waals surface area (Å²) < 4.78 is 22.4. The minimum Gasteiger partial charge on any atom is -0.282 e. The summed E-state index contributed by atoms with van der Waals surface area (Å²) in [6.45, 7) is 1.75. The quantitative estimate of drug-likeness (QED) is 0.760. The summed E-state index contributed by atoms with van der Waals surface area (Å²) in [5, 5.41) is 7.22. The Bertz CT molecular complexity index is 588. The second-order valence-corrected chi connectivity index (χ2v) is 5.47. The first-order valence-electron chi connectivity index (χ1n) is 3.88. The zero-order valence-corrected chi connectivity index (χ0v) is 8.85. The Balaban J connectivity index is 2.96. The number of nitrogens with one attached hydrogen (secondary N) is 1. The van der Waals surface area contributed by atoms with Crippen molar-refractivity contribution in [2.75, 3.05) is 0 Å². The second-order valence-electron chi connectivity index (χ2n) is 2.94. The zero-order chi connectivity index (χ0) is 10.3. The number of hydrogen-bond acceptors (Lipinski definition) is 3. The molecule has 0 saturated heterocycles. The van der Waals surface area contributed by atoms with Gasteiger partial charge in [0.2, 0.25) is 0 Å². The molecule has 1 heterocycles. The van der Waals surface area contributed by atoms with Gasteiger partial charge in [0.15, 0.2) is 0 Å². The van der Waals surface area contributed by atoms with Crippen LogP contribution in [0.2, 0.25) is 0 Å². The van der Waals surface area contributed by atoms with Gasteiger partial charge in [-0.2, -0.15) is 5.10 Å². The Hall–Kier alpha value is -1.07. The van der Waals surface area contributed by atoms with Gasteiger partial charge in [0.05, 0.1) is 10.4 Å². The first-order valence-corrected chi connectivity index (χ1v) is 6.19. The lowest BCUT2D eigenvalue weighted by Crippen LogP contribution is -1.91. The van der Waals surface area contributed by atoms with Crippen LogP contribution >= 0.6 is 10.7 Å². The molecule has 0 atom stereocenters. The van der Waals surface area contributed by atoms with E-state index < -0.39 is 9.05 Å². The molecule has 0 aliphatic rings. The van der Waals surface area contributed by atoms with Crippen LogP contribution in [0, 0.1) is 6.92 Å². The molecule has 0 aliphatic carbocycles. The van der Waals surface area contributed by atoms with Crippen molar-refractivity contribution in [3.05, 3.63) is 23.9 Å². The van der Waals surface area contributed by atoms with Gasteiger partial charge in [0.1, 0.15) is 0 Å². The van der Waals surface area contributed by atoms with Gasteiger partial charge < -0.3 is 0 Å². The van der Waals surface area contributed by atoms with Crippen LogP contribution in [-0.4, -0.2) is 18.6 Å². The molecule has 0 spiro atoms. The van der Waals surface area contributed by atoms with Crippen molar-refractivity contribution in [2.24, 2.45) is 0 Å². The van der Waals surface area contributed by atoms with Gasteiger partial charge in [0, 0.05) is 21.8 Å². The van der Waals surface area contributed by atoms with Crippen LogP contribution in [0.3, 0.4) is 0 Å². The molecule has 14 heavy (non-hydrogen) atoms. The lowest BCUT2D eigenvalue weighted by molar-refractivity contribution is 0.610. The smallest absolute Gasteiger partial charge is 0.262 e. The molecule has 74 valence electrons. The maximum absolute atomic E-state index is 11.2. The number of aryl methyl sites for hydroxylation is 1. The maximum Gasteiger partial charge on any atom is 0.262 e. The number of rotatable bonds is 1. The molecule has 1 aromatic carbocycles. The van der Waals surface area contributed by atoms with E-state index >= 15 is 0 Å². The zero-order valence-electron chi connectivity index (χ0n) is 7.28. The third kappa shape index (κ3) is 1.38. The van der Waals surface area contributed by atoms with E-state index in [4.69, 9.17) is 10.7 Å². The van der Waals surface area contributed by atoms with Crippen molar-refractivity contribution in [1.82, 2.24) is 10.2 Å². The first-order chi connectivity index (χ1) is 6.50. The average Bonchev–Trinajstić information content (AvgIpc) is 2.46. The highest BCUT2D eigenvalue weighted by Crippen LogP contribution is 2.26. The van der Waals surface area contributed by atoms with Gasteiger partial charge in [-0.15, -0.1) is 0 Å². The Morgan fingerprint density at radius 1 is 1.43 bits per heavy atom. The molecule has 0 unspecified atom stereocenters. The van der Waals surface area contributed by atoms with Crippen LogP contribution in [0.25, 0.3) is 10.9 Å². The van der Waals surface area contributed by atoms with E-state index in [1.807, 2.05) is 0 Å². The fourth-order valence-electron chi connectivity index (χ4n) is 1.39. The SMILES string of the molecule is Cc1[nH]nc2cccc(S(=O)(=O)Cl)c12. The lowest BCUT2D eigenvalue weighted by atomic mass is 10.2. The minimum absolute atomic E-state index is 0.0999. The molecule has 4 nitrogen and oxygen atoms in total. The summed E-state index contributed by atoms with van der Waals surface area (Å²) in [5.41, 5.74) is 1.30. The third-order valence-electron chi connectivity index (χ3n) is 1.99. The van der Waals surface area contributed by atoms with Crippen LogP contribution in [0.5, 0.6) is 0 Å². The normalized spacial score (nSPS) is 12.1. The number of nitrogens with zero attached hydrogens (tertiary/aromatic N) is 1. The summed E-state index contributed by atoms with van der Waals surface area (Å²) in [7, 11) is 1.59. The third-order valence-corrected chi connectivity index (χ3v) is 3.35. The van der Waals surface area contributed by atoms with Crippen molar-refractivity contribution < 1.29 is 8.42 Å². The summed E-state index contributed by atoms with van der Waals surface area (Å²) in [6.07, 6.45) is 0. The average molecular weight is 231 g/mol. The Morgan fingerprint density at radius 3 is 2.79 bits per heavy atom. The second kappa shape index (κ2) is 2.96. The van der Waals surface area contributed by atoms with Gasteiger partial charge in [-0.3, -0.25) is 5.10 Å².